The zero-order chi connectivity index (χ0) is 14.1. The number of thiophene rings is 1. The minimum absolute atomic E-state index is 0.0124. The second-order valence-corrected chi connectivity index (χ2v) is 4.98. The van der Waals surface area contributed by atoms with E-state index in [1.807, 2.05) is 11.4 Å². The van der Waals surface area contributed by atoms with Crippen LogP contribution in [-0.4, -0.2) is 28.0 Å². The lowest BCUT2D eigenvalue weighted by atomic mass is 10.1. The monoisotopic (exact) mass is 291 g/mol. The van der Waals surface area contributed by atoms with Crippen molar-refractivity contribution in [2.24, 2.45) is 0 Å². The van der Waals surface area contributed by atoms with E-state index in [-0.39, 0.29) is 23.6 Å². The normalized spacial score (nSPS) is 10.9. The molecule has 0 atom stereocenters. The topological polar surface area (TPSA) is 67.9 Å². The number of hydrogen-bond donors (Lipinski definition) is 1. The molecule has 3 aromatic rings. The number of ether oxygens (including phenoxy) is 1. The molecule has 0 unspecified atom stereocenters. The molecule has 102 valence electrons. The smallest absolute Gasteiger partial charge is 0.361 e. The van der Waals surface area contributed by atoms with Gasteiger partial charge in [0.1, 0.15) is 11.5 Å². The highest BCUT2D eigenvalue weighted by Crippen LogP contribution is 2.30. The van der Waals surface area contributed by atoms with E-state index in [4.69, 9.17) is 4.74 Å². The average molecular weight is 291 g/mol. The van der Waals surface area contributed by atoms with Crippen LogP contribution in [0, 0.1) is 5.82 Å². The summed E-state index contributed by atoms with van der Waals surface area (Å²) in [5.41, 5.74) is 0.384. The molecule has 2 aromatic heterocycles. The van der Waals surface area contributed by atoms with Gasteiger partial charge in [0.05, 0.1) is 6.61 Å². The third-order valence-corrected chi connectivity index (χ3v) is 3.69. The molecule has 0 spiro atoms. The van der Waals surface area contributed by atoms with Crippen molar-refractivity contribution in [2.75, 3.05) is 6.61 Å². The van der Waals surface area contributed by atoms with Crippen LogP contribution in [0.1, 0.15) is 17.4 Å². The number of hydrogen-bond acceptors (Lipinski definition) is 5. The summed E-state index contributed by atoms with van der Waals surface area (Å²) in [4.78, 5) is 11.8. The Labute approximate surface area is 117 Å². The van der Waals surface area contributed by atoms with Gasteiger partial charge in [0, 0.05) is 10.3 Å². The number of benzene rings is 1. The fraction of sp³-hybridized carbons (Fsp3) is 0.154. The number of fused-ring (bicyclic) bond motifs is 1. The summed E-state index contributed by atoms with van der Waals surface area (Å²) >= 11 is 1.49. The fourth-order valence-electron chi connectivity index (χ4n) is 1.92. The zero-order valence-electron chi connectivity index (χ0n) is 10.5. The molecule has 1 aromatic carbocycles. The van der Waals surface area contributed by atoms with Crippen LogP contribution in [0.5, 0.6) is 0 Å². The summed E-state index contributed by atoms with van der Waals surface area (Å²) in [5.74, 6) is -1.07. The molecule has 0 aliphatic heterocycles. The predicted octanol–water partition coefficient (Wildman–Crippen LogP) is 3.00. The van der Waals surface area contributed by atoms with E-state index < -0.39 is 11.8 Å². The quantitative estimate of drug-likeness (QED) is 0.753. The van der Waals surface area contributed by atoms with Crippen LogP contribution in [0.4, 0.5) is 4.39 Å². The summed E-state index contributed by atoms with van der Waals surface area (Å²) in [6.45, 7) is 1.91. The largest absolute Gasteiger partial charge is 0.461 e. The van der Waals surface area contributed by atoms with Gasteiger partial charge in [-0.25, -0.2) is 9.18 Å². The summed E-state index contributed by atoms with van der Waals surface area (Å²) in [5, 5.41) is 12.7. The number of carbonyl (C=O) groups is 1. The van der Waals surface area contributed by atoms with E-state index >= 15 is 0 Å². The molecule has 2 heterocycles. The highest BCUT2D eigenvalue weighted by molar-refractivity contribution is 7.17. The van der Waals surface area contributed by atoms with Crippen LogP contribution >= 0.6 is 11.3 Å². The Morgan fingerprint density at radius 3 is 3.10 bits per heavy atom. The van der Waals surface area contributed by atoms with E-state index in [1.165, 1.54) is 17.4 Å². The Hall–Kier alpha value is -2.28. The van der Waals surface area contributed by atoms with E-state index in [1.54, 1.807) is 13.0 Å². The molecule has 0 amide bonds. The number of H-pyrrole nitrogens is 1. The molecule has 0 saturated heterocycles. The van der Waals surface area contributed by atoms with Crippen molar-refractivity contribution in [3.05, 3.63) is 35.1 Å². The summed E-state index contributed by atoms with van der Waals surface area (Å²) in [6.07, 6.45) is 0. The maximum atomic E-state index is 14.2. The number of nitrogens with zero attached hydrogens (tertiary/aromatic N) is 2. The Morgan fingerprint density at radius 1 is 1.45 bits per heavy atom. The van der Waals surface area contributed by atoms with Gasteiger partial charge < -0.3 is 4.74 Å². The van der Waals surface area contributed by atoms with Crippen LogP contribution in [-0.2, 0) is 4.74 Å². The summed E-state index contributed by atoms with van der Waals surface area (Å²) < 4.78 is 20.0. The third kappa shape index (κ3) is 2.05. The number of carbonyl (C=O) groups excluding carboxylic acids is 1. The molecule has 3 rings (SSSR count). The first-order valence-corrected chi connectivity index (χ1v) is 6.83. The van der Waals surface area contributed by atoms with Crippen molar-refractivity contribution in [1.82, 2.24) is 15.4 Å². The molecular formula is C13H10FN3O2S. The number of aromatic amines is 1. The molecule has 0 saturated carbocycles. The van der Waals surface area contributed by atoms with Gasteiger partial charge in [-0.3, -0.25) is 0 Å². The Morgan fingerprint density at radius 2 is 2.30 bits per heavy atom. The van der Waals surface area contributed by atoms with Crippen molar-refractivity contribution in [2.45, 2.75) is 6.92 Å². The second-order valence-electron chi connectivity index (χ2n) is 4.03. The maximum absolute atomic E-state index is 14.2. The van der Waals surface area contributed by atoms with Gasteiger partial charge in [0.25, 0.3) is 0 Å². The van der Waals surface area contributed by atoms with Gasteiger partial charge in [-0.1, -0.05) is 0 Å². The second kappa shape index (κ2) is 5.01. The molecule has 0 aliphatic carbocycles. The number of halogens is 1. The van der Waals surface area contributed by atoms with Gasteiger partial charge >= 0.3 is 5.97 Å². The fourth-order valence-corrected chi connectivity index (χ4v) is 2.73. The molecule has 0 fully saturated rings. The first kappa shape index (κ1) is 12.7. The first-order chi connectivity index (χ1) is 9.70. The number of esters is 1. The molecule has 7 heteroatoms. The highest BCUT2D eigenvalue weighted by Gasteiger charge is 2.21. The highest BCUT2D eigenvalue weighted by atomic mass is 32.1. The Bertz CT molecular complexity index is 781. The van der Waals surface area contributed by atoms with Crippen LogP contribution in [0.2, 0.25) is 0 Å². The minimum atomic E-state index is -0.623. The molecule has 0 aliphatic rings. The van der Waals surface area contributed by atoms with Crippen LogP contribution < -0.4 is 0 Å². The van der Waals surface area contributed by atoms with Crippen LogP contribution in [0.15, 0.2) is 23.6 Å². The maximum Gasteiger partial charge on any atom is 0.361 e. The SMILES string of the molecule is CCOC(=O)c1n[nH]nc1-c1cc2sccc2cc1F. The first-order valence-electron chi connectivity index (χ1n) is 5.95. The van der Waals surface area contributed by atoms with Gasteiger partial charge in [-0.15, -0.1) is 16.4 Å². The van der Waals surface area contributed by atoms with Crippen LogP contribution in [0.3, 0.4) is 0 Å². The predicted molar refractivity (Wildman–Crippen MR) is 73.1 cm³/mol. The Kier molecular flexibility index (Phi) is 3.19. The van der Waals surface area contributed by atoms with E-state index in [9.17, 15) is 9.18 Å². The molecular weight excluding hydrogens is 281 g/mol. The lowest BCUT2D eigenvalue weighted by Crippen LogP contribution is -2.07. The van der Waals surface area contributed by atoms with Gasteiger partial charge in [0.15, 0.2) is 5.69 Å². The lowest BCUT2D eigenvalue weighted by Gasteiger charge is -2.03. The third-order valence-electron chi connectivity index (χ3n) is 2.81. The summed E-state index contributed by atoms with van der Waals surface area (Å²) in [7, 11) is 0. The van der Waals surface area contributed by atoms with Gasteiger partial charge in [0.2, 0.25) is 0 Å². The summed E-state index contributed by atoms with van der Waals surface area (Å²) in [6, 6.07) is 4.92. The number of rotatable bonds is 3. The van der Waals surface area contributed by atoms with E-state index in [0.29, 0.717) is 0 Å². The average Bonchev–Trinajstić information content (AvgIpc) is 3.05. The van der Waals surface area contributed by atoms with Gasteiger partial charge in [-0.05, 0) is 35.9 Å². The standard InChI is InChI=1S/C13H10FN3O2S/c1-2-19-13(18)12-11(15-17-16-12)8-6-10-7(3-4-20-10)5-9(8)14/h3-6H,2H2,1H3,(H,15,16,17). The molecule has 0 radical (unpaired) electrons. The minimum Gasteiger partial charge on any atom is -0.461 e. The Balaban J connectivity index is 2.13. The van der Waals surface area contributed by atoms with Crippen molar-refractivity contribution in [1.29, 1.82) is 0 Å². The number of nitrogens with one attached hydrogen (secondary N) is 1. The molecule has 0 bridgehead atoms. The lowest BCUT2D eigenvalue weighted by molar-refractivity contribution is 0.0520. The molecule has 5 nitrogen and oxygen atoms in total. The van der Waals surface area contributed by atoms with Crippen molar-refractivity contribution in [3.63, 3.8) is 0 Å². The van der Waals surface area contributed by atoms with Crippen molar-refractivity contribution >= 4 is 27.4 Å². The number of aromatic nitrogens is 3. The van der Waals surface area contributed by atoms with Gasteiger partial charge in [-0.2, -0.15) is 10.3 Å². The molecule has 20 heavy (non-hydrogen) atoms. The molecule has 1 N–H and O–H groups in total. The van der Waals surface area contributed by atoms with E-state index in [0.717, 1.165) is 10.1 Å². The van der Waals surface area contributed by atoms with Crippen LogP contribution in [0.25, 0.3) is 21.3 Å². The zero-order valence-corrected chi connectivity index (χ0v) is 11.3. The van der Waals surface area contributed by atoms with Crippen molar-refractivity contribution in [3.8, 4) is 11.3 Å². The van der Waals surface area contributed by atoms with E-state index in [2.05, 4.69) is 15.4 Å². The van der Waals surface area contributed by atoms with Crippen molar-refractivity contribution < 1.29 is 13.9 Å².